The third kappa shape index (κ3) is 4.03. The molecule has 1 N–H and O–H groups in total. The summed E-state index contributed by atoms with van der Waals surface area (Å²) in [6.45, 7) is 2.97. The van der Waals surface area contributed by atoms with E-state index < -0.39 is 42.3 Å². The van der Waals surface area contributed by atoms with Crippen LogP contribution < -0.4 is 5.32 Å². The van der Waals surface area contributed by atoms with Gasteiger partial charge in [-0.2, -0.15) is 0 Å². The van der Waals surface area contributed by atoms with Gasteiger partial charge in [0.1, 0.15) is 6.04 Å². The molecule has 3 aliphatic carbocycles. The summed E-state index contributed by atoms with van der Waals surface area (Å²) in [6.07, 6.45) is 0. The van der Waals surface area contributed by atoms with E-state index in [0.29, 0.717) is 10.7 Å². The van der Waals surface area contributed by atoms with Gasteiger partial charge in [-0.15, -0.1) is 0 Å². The predicted octanol–water partition coefficient (Wildman–Crippen LogP) is 4.74. The van der Waals surface area contributed by atoms with Gasteiger partial charge in [-0.3, -0.25) is 19.3 Å². The quantitative estimate of drug-likeness (QED) is 0.359. The van der Waals surface area contributed by atoms with E-state index in [4.69, 9.17) is 16.3 Å². The van der Waals surface area contributed by atoms with E-state index in [1.807, 2.05) is 48.5 Å². The molecule has 8 heteroatoms. The van der Waals surface area contributed by atoms with Crippen LogP contribution in [0.15, 0.2) is 72.8 Å². The second kappa shape index (κ2) is 9.65. The van der Waals surface area contributed by atoms with E-state index in [0.717, 1.165) is 27.2 Å². The number of carbonyl (C=O) groups excluding carboxylic acids is 4. The molecule has 3 atom stereocenters. The van der Waals surface area contributed by atoms with Gasteiger partial charge in [-0.05, 0) is 46.4 Å². The molecule has 4 aliphatic rings. The van der Waals surface area contributed by atoms with E-state index in [1.54, 1.807) is 38.1 Å². The van der Waals surface area contributed by atoms with Crippen LogP contribution in [0, 0.1) is 17.8 Å². The molecule has 1 saturated heterocycles. The highest BCUT2D eigenvalue weighted by molar-refractivity contribution is 6.30. The van der Waals surface area contributed by atoms with Crippen LogP contribution in [-0.2, 0) is 23.9 Å². The number of imide groups is 1. The van der Waals surface area contributed by atoms with Crippen LogP contribution in [0.2, 0.25) is 5.02 Å². The number of hydrogen-bond donors (Lipinski definition) is 1. The number of nitrogens with zero attached hydrogens (tertiary/aromatic N) is 1. The predicted molar refractivity (Wildman–Crippen MR) is 145 cm³/mol. The first-order chi connectivity index (χ1) is 18.8. The van der Waals surface area contributed by atoms with Crippen LogP contribution in [0.25, 0.3) is 0 Å². The van der Waals surface area contributed by atoms with Gasteiger partial charge in [0.15, 0.2) is 6.61 Å². The summed E-state index contributed by atoms with van der Waals surface area (Å²) in [4.78, 5) is 54.9. The number of anilines is 1. The van der Waals surface area contributed by atoms with E-state index in [-0.39, 0.29) is 23.7 Å². The maximum Gasteiger partial charge on any atom is 0.330 e. The average molecular weight is 543 g/mol. The third-order valence-corrected chi connectivity index (χ3v) is 8.32. The number of likely N-dealkylation sites (tertiary alicyclic amines) is 1. The highest BCUT2D eigenvalue weighted by atomic mass is 35.5. The van der Waals surface area contributed by atoms with Crippen molar-refractivity contribution in [3.8, 4) is 0 Å². The summed E-state index contributed by atoms with van der Waals surface area (Å²) < 4.78 is 5.36. The molecule has 1 heterocycles. The van der Waals surface area contributed by atoms with Crippen LogP contribution in [0.3, 0.4) is 0 Å². The van der Waals surface area contributed by atoms with Crippen molar-refractivity contribution in [3.05, 3.63) is 100 Å². The van der Waals surface area contributed by atoms with Gasteiger partial charge < -0.3 is 10.1 Å². The van der Waals surface area contributed by atoms with Crippen molar-refractivity contribution in [3.63, 3.8) is 0 Å². The first-order valence-electron chi connectivity index (χ1n) is 13.0. The van der Waals surface area contributed by atoms with E-state index in [1.165, 1.54) is 0 Å². The molecule has 0 unspecified atom stereocenters. The fourth-order valence-corrected chi connectivity index (χ4v) is 6.83. The summed E-state index contributed by atoms with van der Waals surface area (Å²) >= 11 is 5.96. The smallest absolute Gasteiger partial charge is 0.330 e. The minimum atomic E-state index is -1.14. The van der Waals surface area contributed by atoms with Crippen molar-refractivity contribution < 1.29 is 23.9 Å². The van der Waals surface area contributed by atoms with Gasteiger partial charge in [0, 0.05) is 22.5 Å². The molecule has 2 bridgehead atoms. The molecule has 7 rings (SSSR count). The SMILES string of the molecule is CC(C)[C@@H](C(=O)OCC(=O)Nc1cccc(Cl)c1)N1C(=O)[C@@H]2C3c4ccccc4C(c4ccccc43)[C@@H]2C1=O. The number of ether oxygens (including phenoxy) is 1. The Balaban J connectivity index is 1.27. The Morgan fingerprint density at radius 3 is 1.82 bits per heavy atom. The fraction of sp³-hybridized carbons (Fsp3) is 0.290. The number of hydrogen-bond acceptors (Lipinski definition) is 5. The number of esters is 1. The standard InChI is InChI=1S/C31H27ClN2O5/c1-16(2)28(31(38)39-15-23(35)33-18-9-7-8-17(32)14-18)34-29(36)26-24-19-10-3-4-11-20(19)25(27(26)30(34)37)22-13-6-5-12-21(22)24/h3-14,16,24-28H,15H2,1-2H3,(H,33,35)/t24?,25?,26-,27+,28-/m0/s1. The van der Waals surface area contributed by atoms with Crippen LogP contribution in [-0.4, -0.2) is 41.2 Å². The van der Waals surface area contributed by atoms with E-state index >= 15 is 0 Å². The molecule has 7 nitrogen and oxygen atoms in total. The van der Waals surface area contributed by atoms with Crippen LogP contribution >= 0.6 is 11.6 Å². The minimum Gasteiger partial charge on any atom is -0.454 e. The maximum absolute atomic E-state index is 14.0. The molecule has 0 spiro atoms. The van der Waals surface area contributed by atoms with Crippen molar-refractivity contribution in [2.75, 3.05) is 11.9 Å². The van der Waals surface area contributed by atoms with Crippen molar-refractivity contribution >= 4 is 41.0 Å². The number of amides is 3. The van der Waals surface area contributed by atoms with E-state index in [9.17, 15) is 19.2 Å². The van der Waals surface area contributed by atoms with Crippen molar-refractivity contribution in [1.82, 2.24) is 4.90 Å². The Labute approximate surface area is 231 Å². The maximum atomic E-state index is 14.0. The van der Waals surface area contributed by atoms with Gasteiger partial charge in [0.2, 0.25) is 11.8 Å². The van der Waals surface area contributed by atoms with Crippen molar-refractivity contribution in [2.24, 2.45) is 17.8 Å². The highest BCUT2D eigenvalue weighted by Gasteiger charge is 2.63. The normalized spacial score (nSPS) is 23.2. The molecule has 39 heavy (non-hydrogen) atoms. The Hall–Kier alpha value is -3.97. The third-order valence-electron chi connectivity index (χ3n) is 8.09. The lowest BCUT2D eigenvalue weighted by molar-refractivity contribution is -0.162. The molecular weight excluding hydrogens is 516 g/mol. The Bertz CT molecular complexity index is 1400. The molecule has 0 aromatic heterocycles. The van der Waals surface area contributed by atoms with Crippen molar-refractivity contribution in [1.29, 1.82) is 0 Å². The number of halogens is 1. The largest absolute Gasteiger partial charge is 0.454 e. The van der Waals surface area contributed by atoms with Crippen molar-refractivity contribution in [2.45, 2.75) is 31.7 Å². The molecule has 3 amide bonds. The second-order valence-corrected chi connectivity index (χ2v) is 11.1. The molecule has 0 saturated carbocycles. The minimum absolute atomic E-state index is 0.263. The average Bonchev–Trinajstić information content (AvgIpc) is 3.18. The number of carbonyl (C=O) groups is 4. The molecule has 0 radical (unpaired) electrons. The van der Waals surface area contributed by atoms with Crippen LogP contribution in [0.1, 0.15) is 47.9 Å². The Morgan fingerprint density at radius 1 is 0.846 bits per heavy atom. The van der Waals surface area contributed by atoms with Gasteiger partial charge in [0.05, 0.1) is 11.8 Å². The molecule has 3 aromatic carbocycles. The Morgan fingerprint density at radius 2 is 1.36 bits per heavy atom. The monoisotopic (exact) mass is 542 g/mol. The van der Waals surface area contributed by atoms with Crippen LogP contribution in [0.5, 0.6) is 0 Å². The number of benzene rings is 3. The molecule has 3 aromatic rings. The zero-order valence-electron chi connectivity index (χ0n) is 21.5. The lowest BCUT2D eigenvalue weighted by Crippen LogP contribution is -2.49. The zero-order chi connectivity index (χ0) is 27.4. The Kier molecular flexibility index (Phi) is 6.26. The summed E-state index contributed by atoms with van der Waals surface area (Å²) in [5.74, 6) is -4.17. The molecule has 1 aliphatic heterocycles. The topological polar surface area (TPSA) is 92.8 Å². The summed E-state index contributed by atoms with van der Waals surface area (Å²) in [5, 5.41) is 3.08. The zero-order valence-corrected chi connectivity index (χ0v) is 22.2. The lowest BCUT2D eigenvalue weighted by atomic mass is 9.55. The van der Waals surface area contributed by atoms with Gasteiger partial charge >= 0.3 is 5.97 Å². The lowest BCUT2D eigenvalue weighted by Gasteiger charge is -2.45. The second-order valence-electron chi connectivity index (χ2n) is 10.7. The number of nitrogens with one attached hydrogen (secondary N) is 1. The van der Waals surface area contributed by atoms with Gasteiger partial charge in [-0.25, -0.2) is 4.79 Å². The van der Waals surface area contributed by atoms with E-state index in [2.05, 4.69) is 5.32 Å². The summed E-state index contributed by atoms with van der Waals surface area (Å²) in [7, 11) is 0. The summed E-state index contributed by atoms with van der Waals surface area (Å²) in [6, 6.07) is 21.4. The highest BCUT2D eigenvalue weighted by Crippen LogP contribution is 2.61. The fourth-order valence-electron chi connectivity index (χ4n) is 6.64. The molecule has 1 fully saturated rings. The molecule has 198 valence electrons. The molecular formula is C31H27ClN2O5. The van der Waals surface area contributed by atoms with Gasteiger partial charge in [-0.1, -0.05) is 80.0 Å². The first kappa shape index (κ1) is 25.3. The van der Waals surface area contributed by atoms with Gasteiger partial charge in [0.25, 0.3) is 5.91 Å². The van der Waals surface area contributed by atoms with Crippen LogP contribution in [0.4, 0.5) is 5.69 Å². The number of rotatable bonds is 6. The first-order valence-corrected chi connectivity index (χ1v) is 13.4. The summed E-state index contributed by atoms with van der Waals surface area (Å²) in [5.41, 5.74) is 4.71.